The SMILES string of the molecule is CC[C@H]1Oc2ccc(S(=O)(=O)N3CCN(C(=O)c4ccccc4)CC3)cc2NC1=O. The van der Waals surface area contributed by atoms with E-state index in [-0.39, 0.29) is 29.8 Å². The molecule has 9 heteroatoms. The standard InChI is InChI=1S/C21H23N3O5S/c1-2-18-20(25)22-17-14-16(8-9-19(17)29-18)30(27,28)24-12-10-23(11-13-24)21(26)15-6-4-3-5-7-15/h3-9,14,18H,2,10-13H2,1H3,(H,22,25)/t18-/m1/s1. The number of nitrogens with zero attached hydrogens (tertiary/aromatic N) is 2. The number of sulfonamides is 1. The lowest BCUT2D eigenvalue weighted by Crippen LogP contribution is -2.50. The van der Waals surface area contributed by atoms with Gasteiger partial charge in [-0.3, -0.25) is 9.59 Å². The maximum absolute atomic E-state index is 13.1. The summed E-state index contributed by atoms with van der Waals surface area (Å²) >= 11 is 0. The minimum Gasteiger partial charge on any atom is -0.478 e. The van der Waals surface area contributed by atoms with Crippen LogP contribution in [0, 0.1) is 0 Å². The topological polar surface area (TPSA) is 96.0 Å². The third kappa shape index (κ3) is 3.78. The third-order valence-electron chi connectivity index (χ3n) is 5.33. The maximum Gasteiger partial charge on any atom is 0.265 e. The van der Waals surface area contributed by atoms with Crippen LogP contribution in [0.25, 0.3) is 0 Å². The number of amides is 2. The zero-order valence-corrected chi connectivity index (χ0v) is 17.4. The lowest BCUT2D eigenvalue weighted by Gasteiger charge is -2.34. The minimum atomic E-state index is -3.76. The number of carbonyl (C=O) groups is 2. The summed E-state index contributed by atoms with van der Waals surface area (Å²) in [6, 6.07) is 13.4. The first-order valence-corrected chi connectivity index (χ1v) is 11.3. The van der Waals surface area contributed by atoms with Crippen molar-refractivity contribution in [2.24, 2.45) is 0 Å². The Kier molecular flexibility index (Phi) is 5.48. The lowest BCUT2D eigenvalue weighted by atomic mass is 10.2. The molecule has 0 spiro atoms. The Labute approximate surface area is 175 Å². The number of rotatable bonds is 4. The molecule has 0 bridgehead atoms. The molecular weight excluding hydrogens is 406 g/mol. The summed E-state index contributed by atoms with van der Waals surface area (Å²) in [5.74, 6) is 0.0676. The molecule has 30 heavy (non-hydrogen) atoms. The molecule has 1 N–H and O–H groups in total. The molecule has 0 aromatic heterocycles. The largest absolute Gasteiger partial charge is 0.478 e. The number of piperazine rings is 1. The lowest BCUT2D eigenvalue weighted by molar-refractivity contribution is -0.123. The second-order valence-electron chi connectivity index (χ2n) is 7.22. The molecule has 2 heterocycles. The average molecular weight is 429 g/mol. The number of hydrogen-bond donors (Lipinski definition) is 1. The van der Waals surface area contributed by atoms with E-state index in [0.717, 1.165) is 0 Å². The molecule has 158 valence electrons. The van der Waals surface area contributed by atoms with Gasteiger partial charge in [-0.15, -0.1) is 0 Å². The van der Waals surface area contributed by atoms with E-state index in [0.29, 0.717) is 36.5 Å². The van der Waals surface area contributed by atoms with Crippen LogP contribution in [0.1, 0.15) is 23.7 Å². The monoisotopic (exact) mass is 429 g/mol. The Morgan fingerprint density at radius 1 is 1.10 bits per heavy atom. The number of benzene rings is 2. The molecule has 0 unspecified atom stereocenters. The number of hydrogen-bond acceptors (Lipinski definition) is 5. The van der Waals surface area contributed by atoms with Gasteiger partial charge in [-0.1, -0.05) is 25.1 Å². The molecule has 2 aromatic carbocycles. The summed E-state index contributed by atoms with van der Waals surface area (Å²) in [7, 11) is -3.76. The first-order valence-electron chi connectivity index (χ1n) is 9.86. The van der Waals surface area contributed by atoms with Crippen LogP contribution < -0.4 is 10.1 Å². The highest BCUT2D eigenvalue weighted by Gasteiger charge is 2.32. The van der Waals surface area contributed by atoms with Crippen molar-refractivity contribution in [2.45, 2.75) is 24.3 Å². The van der Waals surface area contributed by atoms with E-state index < -0.39 is 16.1 Å². The molecule has 2 aliphatic heterocycles. The van der Waals surface area contributed by atoms with Crippen LogP contribution in [0.5, 0.6) is 5.75 Å². The van der Waals surface area contributed by atoms with E-state index in [9.17, 15) is 18.0 Å². The van der Waals surface area contributed by atoms with Crippen molar-refractivity contribution >= 4 is 27.5 Å². The first kappa shape index (κ1) is 20.4. The highest BCUT2D eigenvalue weighted by molar-refractivity contribution is 7.89. The Morgan fingerprint density at radius 2 is 1.80 bits per heavy atom. The zero-order valence-electron chi connectivity index (χ0n) is 16.6. The van der Waals surface area contributed by atoms with Crippen LogP contribution in [0.2, 0.25) is 0 Å². The smallest absolute Gasteiger partial charge is 0.265 e. The van der Waals surface area contributed by atoms with Gasteiger partial charge in [-0.25, -0.2) is 8.42 Å². The Bertz CT molecular complexity index is 1060. The predicted molar refractivity (Wildman–Crippen MR) is 111 cm³/mol. The van der Waals surface area contributed by atoms with Gasteiger partial charge in [0.25, 0.3) is 11.8 Å². The molecule has 0 radical (unpaired) electrons. The van der Waals surface area contributed by atoms with E-state index in [1.165, 1.54) is 16.4 Å². The van der Waals surface area contributed by atoms with E-state index >= 15 is 0 Å². The molecule has 1 fully saturated rings. The van der Waals surface area contributed by atoms with Crippen molar-refractivity contribution in [3.8, 4) is 5.75 Å². The van der Waals surface area contributed by atoms with Gasteiger partial charge >= 0.3 is 0 Å². The summed E-state index contributed by atoms with van der Waals surface area (Å²) in [5.41, 5.74) is 0.938. The van der Waals surface area contributed by atoms with Crippen molar-refractivity contribution < 1.29 is 22.7 Å². The van der Waals surface area contributed by atoms with Crippen LogP contribution >= 0.6 is 0 Å². The average Bonchev–Trinajstić information content (AvgIpc) is 2.78. The second-order valence-corrected chi connectivity index (χ2v) is 9.16. The highest BCUT2D eigenvalue weighted by Crippen LogP contribution is 2.33. The number of carbonyl (C=O) groups excluding carboxylic acids is 2. The molecule has 1 atom stereocenters. The van der Waals surface area contributed by atoms with Crippen molar-refractivity contribution in [1.82, 2.24) is 9.21 Å². The molecular formula is C21H23N3O5S. The number of fused-ring (bicyclic) bond motifs is 1. The van der Waals surface area contributed by atoms with Crippen LogP contribution in [0.4, 0.5) is 5.69 Å². The van der Waals surface area contributed by atoms with Crippen LogP contribution in [0.3, 0.4) is 0 Å². The van der Waals surface area contributed by atoms with Gasteiger partial charge in [0.05, 0.1) is 10.6 Å². The first-order chi connectivity index (χ1) is 14.4. The Morgan fingerprint density at radius 3 is 2.47 bits per heavy atom. The Balaban J connectivity index is 1.47. The maximum atomic E-state index is 13.1. The van der Waals surface area contributed by atoms with Gasteiger partial charge in [-0.05, 0) is 36.8 Å². The van der Waals surface area contributed by atoms with E-state index in [1.54, 1.807) is 35.2 Å². The van der Waals surface area contributed by atoms with Crippen molar-refractivity contribution in [3.63, 3.8) is 0 Å². The normalized spacial score (nSPS) is 19.6. The molecule has 2 amide bonds. The van der Waals surface area contributed by atoms with E-state index in [1.807, 2.05) is 13.0 Å². The van der Waals surface area contributed by atoms with Gasteiger partial charge in [0.15, 0.2) is 6.10 Å². The third-order valence-corrected chi connectivity index (χ3v) is 7.22. The van der Waals surface area contributed by atoms with Crippen molar-refractivity contribution in [2.75, 3.05) is 31.5 Å². The molecule has 0 aliphatic carbocycles. The summed E-state index contributed by atoms with van der Waals surface area (Å²) in [6.07, 6.45) is -0.0488. The van der Waals surface area contributed by atoms with Crippen LogP contribution in [0.15, 0.2) is 53.4 Å². The fourth-order valence-corrected chi connectivity index (χ4v) is 5.05. The summed E-state index contributed by atoms with van der Waals surface area (Å²) < 4.78 is 33.2. The van der Waals surface area contributed by atoms with Gasteiger partial charge in [0.1, 0.15) is 5.75 Å². The fraction of sp³-hybridized carbons (Fsp3) is 0.333. The number of anilines is 1. The predicted octanol–water partition coefficient (Wildman–Crippen LogP) is 1.94. The summed E-state index contributed by atoms with van der Waals surface area (Å²) in [6.45, 7) is 2.89. The molecule has 2 aliphatic rings. The number of nitrogens with one attached hydrogen (secondary N) is 1. The van der Waals surface area contributed by atoms with Crippen LogP contribution in [-0.4, -0.2) is 61.7 Å². The zero-order chi connectivity index (χ0) is 21.3. The molecule has 1 saturated heterocycles. The minimum absolute atomic E-state index is 0.0861. The van der Waals surface area contributed by atoms with Crippen molar-refractivity contribution in [1.29, 1.82) is 0 Å². The summed E-state index contributed by atoms with van der Waals surface area (Å²) in [4.78, 5) is 26.4. The fourth-order valence-electron chi connectivity index (χ4n) is 3.60. The van der Waals surface area contributed by atoms with Crippen LogP contribution in [-0.2, 0) is 14.8 Å². The summed E-state index contributed by atoms with van der Waals surface area (Å²) in [5, 5.41) is 2.72. The second kappa shape index (κ2) is 8.08. The van der Waals surface area contributed by atoms with Gasteiger partial charge in [-0.2, -0.15) is 4.31 Å². The number of ether oxygens (including phenoxy) is 1. The Hall–Kier alpha value is -2.91. The molecule has 2 aromatic rings. The molecule has 0 saturated carbocycles. The van der Waals surface area contributed by atoms with Gasteiger partial charge < -0.3 is 15.0 Å². The quantitative estimate of drug-likeness (QED) is 0.801. The van der Waals surface area contributed by atoms with E-state index in [2.05, 4.69) is 5.32 Å². The molecule has 8 nitrogen and oxygen atoms in total. The highest BCUT2D eigenvalue weighted by atomic mass is 32.2. The van der Waals surface area contributed by atoms with E-state index in [4.69, 9.17) is 4.74 Å². The van der Waals surface area contributed by atoms with Crippen molar-refractivity contribution in [3.05, 3.63) is 54.1 Å². The van der Waals surface area contributed by atoms with Gasteiger partial charge in [0.2, 0.25) is 10.0 Å². The van der Waals surface area contributed by atoms with Gasteiger partial charge in [0, 0.05) is 31.7 Å². The molecule has 4 rings (SSSR count).